The van der Waals surface area contributed by atoms with Gasteiger partial charge >= 0.3 is 5.97 Å². The van der Waals surface area contributed by atoms with Crippen LogP contribution in [0.25, 0.3) is 0 Å². The van der Waals surface area contributed by atoms with Crippen LogP contribution in [0.2, 0.25) is 5.02 Å². The second kappa shape index (κ2) is 10.3. The van der Waals surface area contributed by atoms with Gasteiger partial charge in [-0.1, -0.05) is 31.0 Å². The fraction of sp³-hybridized carbons (Fsp3) is 0.455. The molecular weight excluding hydrogens is 488 g/mol. The highest BCUT2D eigenvalue weighted by Gasteiger charge is 2.38. The summed E-state index contributed by atoms with van der Waals surface area (Å²) in [6.07, 6.45) is 3.69. The number of aromatic nitrogens is 1. The minimum Gasteiger partial charge on any atom is -0.460 e. The van der Waals surface area contributed by atoms with E-state index in [0.717, 1.165) is 36.0 Å². The number of ether oxygens (including phenoxy) is 1. The molecule has 178 valence electrons. The molecule has 1 heterocycles. The highest BCUT2D eigenvalue weighted by Crippen LogP contribution is 2.42. The van der Waals surface area contributed by atoms with Crippen molar-refractivity contribution in [2.45, 2.75) is 56.4 Å². The van der Waals surface area contributed by atoms with E-state index in [9.17, 15) is 22.8 Å². The molecule has 1 saturated carbocycles. The van der Waals surface area contributed by atoms with Gasteiger partial charge in [0.2, 0.25) is 5.91 Å². The Morgan fingerprint density at radius 3 is 2.58 bits per heavy atom. The summed E-state index contributed by atoms with van der Waals surface area (Å²) in [7, 11) is -3.46. The number of esters is 1. The smallest absolute Gasteiger partial charge is 0.381 e. The third kappa shape index (κ3) is 5.44. The summed E-state index contributed by atoms with van der Waals surface area (Å²) in [5.41, 5.74) is 0.778. The normalized spacial score (nSPS) is 18.2. The fourth-order valence-electron chi connectivity index (χ4n) is 4.07. The Kier molecular flexibility index (Phi) is 7.92. The van der Waals surface area contributed by atoms with Crippen molar-refractivity contribution in [3.05, 3.63) is 39.9 Å². The average molecular weight is 513 g/mol. The molecule has 2 aromatic rings. The maximum atomic E-state index is 13.0. The number of halogens is 1. The van der Waals surface area contributed by atoms with Crippen molar-refractivity contribution < 1.29 is 27.5 Å². The molecule has 1 amide bonds. The van der Waals surface area contributed by atoms with E-state index in [1.54, 1.807) is 30.9 Å². The zero-order chi connectivity index (χ0) is 24.3. The SMILES string of the molecule is CCOC(=O)C(=O)c1csc(N(C(=O)CC)C2CCCC2c2ccc(S(C)(=O)=O)c(Cl)c2)n1. The maximum absolute atomic E-state index is 13.0. The molecule has 3 rings (SSSR count). The van der Waals surface area contributed by atoms with Gasteiger partial charge in [-0.15, -0.1) is 11.3 Å². The van der Waals surface area contributed by atoms with E-state index in [2.05, 4.69) is 4.98 Å². The van der Waals surface area contributed by atoms with E-state index in [4.69, 9.17) is 16.3 Å². The molecule has 1 aliphatic carbocycles. The lowest BCUT2D eigenvalue weighted by Crippen LogP contribution is -2.41. The van der Waals surface area contributed by atoms with Crippen LogP contribution < -0.4 is 4.90 Å². The van der Waals surface area contributed by atoms with Gasteiger partial charge in [0.05, 0.1) is 16.5 Å². The van der Waals surface area contributed by atoms with E-state index in [1.807, 2.05) is 0 Å². The zero-order valence-corrected chi connectivity index (χ0v) is 20.9. The van der Waals surface area contributed by atoms with E-state index < -0.39 is 21.6 Å². The molecule has 0 bridgehead atoms. The molecule has 0 radical (unpaired) electrons. The Hall–Kier alpha value is -2.30. The number of benzene rings is 1. The van der Waals surface area contributed by atoms with Crippen LogP contribution in [0, 0.1) is 0 Å². The number of amides is 1. The van der Waals surface area contributed by atoms with Crippen LogP contribution >= 0.6 is 22.9 Å². The van der Waals surface area contributed by atoms with Gasteiger partial charge in [0.1, 0.15) is 5.69 Å². The van der Waals surface area contributed by atoms with Crippen molar-refractivity contribution in [1.29, 1.82) is 0 Å². The standard InChI is InChI=1S/C22H25ClN2O6S2/c1-4-19(26)25(22-24-16(12-32-22)20(27)21(28)31-5-2)17-8-6-7-14(17)13-9-10-18(15(23)11-13)33(3,29)30/h9-12,14,17H,4-8H2,1-3H3. The Balaban J connectivity index is 1.95. The second-order valence-electron chi connectivity index (χ2n) is 7.75. The molecule has 0 aliphatic heterocycles. The number of hydrogen-bond donors (Lipinski definition) is 0. The first kappa shape index (κ1) is 25.3. The molecule has 2 unspecified atom stereocenters. The summed E-state index contributed by atoms with van der Waals surface area (Å²) in [6.45, 7) is 3.43. The second-order valence-corrected chi connectivity index (χ2v) is 11.0. The summed E-state index contributed by atoms with van der Waals surface area (Å²) < 4.78 is 28.6. The zero-order valence-electron chi connectivity index (χ0n) is 18.5. The molecule has 33 heavy (non-hydrogen) atoms. The number of anilines is 1. The fourth-order valence-corrected chi connectivity index (χ4v) is 6.29. The molecule has 1 aromatic carbocycles. The number of thiazole rings is 1. The van der Waals surface area contributed by atoms with Crippen molar-refractivity contribution in [3.8, 4) is 0 Å². The molecule has 0 saturated heterocycles. The van der Waals surface area contributed by atoms with Gasteiger partial charge in [-0.25, -0.2) is 18.2 Å². The average Bonchev–Trinajstić information content (AvgIpc) is 3.43. The number of nitrogens with zero attached hydrogens (tertiary/aromatic N) is 2. The first-order chi connectivity index (χ1) is 15.6. The topological polar surface area (TPSA) is 111 Å². The predicted octanol–water partition coefficient (Wildman–Crippen LogP) is 4.03. The summed E-state index contributed by atoms with van der Waals surface area (Å²) in [5, 5.41) is 1.93. The maximum Gasteiger partial charge on any atom is 0.381 e. The molecule has 0 spiro atoms. The monoisotopic (exact) mass is 512 g/mol. The van der Waals surface area contributed by atoms with Gasteiger partial charge in [0.25, 0.3) is 5.78 Å². The van der Waals surface area contributed by atoms with Gasteiger partial charge in [-0.3, -0.25) is 14.5 Å². The van der Waals surface area contributed by atoms with Crippen LogP contribution in [-0.4, -0.2) is 50.0 Å². The van der Waals surface area contributed by atoms with Crippen molar-refractivity contribution in [2.75, 3.05) is 17.8 Å². The van der Waals surface area contributed by atoms with Crippen LogP contribution in [-0.2, 0) is 24.2 Å². The van der Waals surface area contributed by atoms with Crippen LogP contribution in [0.5, 0.6) is 0 Å². The van der Waals surface area contributed by atoms with Gasteiger partial charge in [0.15, 0.2) is 15.0 Å². The van der Waals surface area contributed by atoms with Gasteiger partial charge in [-0.2, -0.15) is 0 Å². The number of ketones is 1. The summed E-state index contributed by atoms with van der Waals surface area (Å²) in [5.74, 6) is -2.08. The Labute approximate surface area is 201 Å². The highest BCUT2D eigenvalue weighted by atomic mass is 35.5. The third-order valence-electron chi connectivity index (χ3n) is 5.56. The Morgan fingerprint density at radius 2 is 1.97 bits per heavy atom. The van der Waals surface area contributed by atoms with Crippen molar-refractivity contribution in [1.82, 2.24) is 4.98 Å². The summed E-state index contributed by atoms with van der Waals surface area (Å²) in [4.78, 5) is 43.0. The quantitative estimate of drug-likeness (QED) is 0.298. The molecule has 0 N–H and O–H groups in total. The lowest BCUT2D eigenvalue weighted by Gasteiger charge is -2.31. The van der Waals surface area contributed by atoms with E-state index in [-0.39, 0.29) is 46.5 Å². The molecule has 1 fully saturated rings. The molecule has 8 nitrogen and oxygen atoms in total. The number of Topliss-reactive ketones (excluding diaryl/α,β-unsaturated/α-hetero) is 1. The lowest BCUT2D eigenvalue weighted by atomic mass is 9.93. The molecule has 1 aromatic heterocycles. The van der Waals surface area contributed by atoms with E-state index >= 15 is 0 Å². The number of hydrogen-bond acceptors (Lipinski definition) is 8. The first-order valence-corrected chi connectivity index (χ1v) is 13.7. The highest BCUT2D eigenvalue weighted by molar-refractivity contribution is 7.90. The minimum absolute atomic E-state index is 0.0579. The summed E-state index contributed by atoms with van der Waals surface area (Å²) >= 11 is 7.39. The Bertz CT molecular complexity index is 1180. The van der Waals surface area contributed by atoms with Crippen LogP contribution in [0.4, 0.5) is 5.13 Å². The number of carbonyl (C=O) groups is 3. The van der Waals surface area contributed by atoms with Gasteiger partial charge in [0, 0.05) is 30.0 Å². The molecular formula is C22H25ClN2O6S2. The molecule has 1 aliphatic rings. The largest absolute Gasteiger partial charge is 0.460 e. The lowest BCUT2D eigenvalue weighted by molar-refractivity contribution is -0.137. The first-order valence-electron chi connectivity index (χ1n) is 10.6. The predicted molar refractivity (Wildman–Crippen MR) is 126 cm³/mol. The minimum atomic E-state index is -3.46. The number of carbonyl (C=O) groups excluding carboxylic acids is 3. The van der Waals surface area contributed by atoms with Crippen molar-refractivity contribution in [2.24, 2.45) is 0 Å². The van der Waals surface area contributed by atoms with E-state index in [0.29, 0.717) is 11.6 Å². The van der Waals surface area contributed by atoms with Crippen LogP contribution in [0.1, 0.15) is 61.5 Å². The van der Waals surface area contributed by atoms with Crippen molar-refractivity contribution >= 4 is 55.6 Å². The number of rotatable bonds is 8. The number of sulfone groups is 1. The molecule has 11 heteroatoms. The van der Waals surface area contributed by atoms with E-state index in [1.165, 1.54) is 11.4 Å². The van der Waals surface area contributed by atoms with Crippen molar-refractivity contribution in [3.63, 3.8) is 0 Å². The van der Waals surface area contributed by atoms with Crippen LogP contribution in [0.3, 0.4) is 0 Å². The summed E-state index contributed by atoms with van der Waals surface area (Å²) in [6, 6.07) is 4.63. The third-order valence-corrected chi connectivity index (χ3v) is 7.98. The molecule has 2 atom stereocenters. The Morgan fingerprint density at radius 1 is 1.24 bits per heavy atom. The van der Waals surface area contributed by atoms with Crippen LogP contribution in [0.15, 0.2) is 28.5 Å². The van der Waals surface area contributed by atoms with Gasteiger partial charge < -0.3 is 4.74 Å². The van der Waals surface area contributed by atoms with Gasteiger partial charge in [-0.05, 0) is 37.5 Å².